The monoisotopic (exact) mass is 254 g/mol. The number of rotatable bonds is 2. The molecule has 2 rings (SSSR count). The molecule has 1 unspecified atom stereocenters. The average molecular weight is 254 g/mol. The lowest BCUT2D eigenvalue weighted by molar-refractivity contribution is 0.0187. The molecule has 0 aromatic heterocycles. The first-order valence-corrected chi connectivity index (χ1v) is 7.08. The van der Waals surface area contributed by atoms with E-state index in [-0.39, 0.29) is 17.7 Å². The average Bonchev–Trinajstić information content (AvgIpc) is 2.60. The third kappa shape index (κ3) is 3.16. The second kappa shape index (κ2) is 4.72. The van der Waals surface area contributed by atoms with Gasteiger partial charge in [0.2, 0.25) is 0 Å². The number of likely N-dealkylation sites (tertiary alicyclic amines) is 1. The van der Waals surface area contributed by atoms with E-state index >= 15 is 0 Å². The molecule has 2 fully saturated rings. The molecule has 1 amide bonds. The number of hydrogen-bond donors (Lipinski definition) is 1. The van der Waals surface area contributed by atoms with E-state index in [9.17, 15) is 4.79 Å². The van der Waals surface area contributed by atoms with Crippen LogP contribution in [0.5, 0.6) is 0 Å². The van der Waals surface area contributed by atoms with Crippen LogP contribution >= 0.6 is 0 Å². The summed E-state index contributed by atoms with van der Waals surface area (Å²) in [6, 6.07) is 0.283. The van der Waals surface area contributed by atoms with Crippen LogP contribution in [0.1, 0.15) is 59.3 Å². The molecule has 0 aromatic rings. The van der Waals surface area contributed by atoms with Crippen LogP contribution in [-0.2, 0) is 4.74 Å². The van der Waals surface area contributed by atoms with E-state index < -0.39 is 5.60 Å². The number of ether oxygens (including phenoxy) is 1. The van der Waals surface area contributed by atoms with Gasteiger partial charge in [-0.1, -0.05) is 0 Å². The van der Waals surface area contributed by atoms with Crippen LogP contribution in [0.4, 0.5) is 4.79 Å². The Kier molecular flexibility index (Phi) is 3.58. The Morgan fingerprint density at radius 2 is 2.06 bits per heavy atom. The lowest BCUT2D eigenvalue weighted by Crippen LogP contribution is -2.52. The summed E-state index contributed by atoms with van der Waals surface area (Å²) in [5, 5.41) is 0. The van der Waals surface area contributed by atoms with Crippen molar-refractivity contribution in [3.8, 4) is 0 Å². The molecule has 4 heteroatoms. The highest BCUT2D eigenvalue weighted by Gasteiger charge is 2.40. The molecule has 1 atom stereocenters. The maximum Gasteiger partial charge on any atom is 0.410 e. The van der Waals surface area contributed by atoms with Gasteiger partial charge in [0.1, 0.15) is 5.60 Å². The van der Waals surface area contributed by atoms with Crippen LogP contribution in [-0.4, -0.2) is 34.7 Å². The molecule has 1 aliphatic heterocycles. The van der Waals surface area contributed by atoms with Gasteiger partial charge in [0.05, 0.1) is 0 Å². The first-order chi connectivity index (χ1) is 8.29. The molecule has 2 N–H and O–H groups in total. The molecule has 0 bridgehead atoms. The van der Waals surface area contributed by atoms with Crippen molar-refractivity contribution in [1.82, 2.24) is 4.90 Å². The molecule has 18 heavy (non-hydrogen) atoms. The van der Waals surface area contributed by atoms with Gasteiger partial charge in [-0.3, -0.25) is 0 Å². The maximum absolute atomic E-state index is 12.1. The number of amides is 1. The molecular formula is C14H26N2O2. The standard InChI is InChI=1S/C14H26N2O2/c1-13(2,3)18-12(17)16-9-4-6-11(16)10-14(15)7-5-8-14/h11H,4-10,15H2,1-3H3. The second-order valence-electron chi connectivity index (χ2n) is 6.89. The van der Waals surface area contributed by atoms with Crippen molar-refractivity contribution in [2.75, 3.05) is 6.54 Å². The number of carbonyl (C=O) groups is 1. The van der Waals surface area contributed by atoms with E-state index in [4.69, 9.17) is 10.5 Å². The molecule has 1 heterocycles. The van der Waals surface area contributed by atoms with Gasteiger partial charge in [-0.15, -0.1) is 0 Å². The van der Waals surface area contributed by atoms with Crippen LogP contribution in [0.15, 0.2) is 0 Å². The van der Waals surface area contributed by atoms with Crippen molar-refractivity contribution in [3.05, 3.63) is 0 Å². The van der Waals surface area contributed by atoms with Gasteiger partial charge in [-0.25, -0.2) is 4.79 Å². The first-order valence-electron chi connectivity index (χ1n) is 7.08. The molecule has 104 valence electrons. The quantitative estimate of drug-likeness (QED) is 0.824. The Labute approximate surface area is 110 Å². The topological polar surface area (TPSA) is 55.6 Å². The summed E-state index contributed by atoms with van der Waals surface area (Å²) in [5.74, 6) is 0. The Hall–Kier alpha value is -0.770. The Bertz CT molecular complexity index is 318. The molecule has 4 nitrogen and oxygen atoms in total. The second-order valence-corrected chi connectivity index (χ2v) is 6.89. The SMILES string of the molecule is CC(C)(C)OC(=O)N1CCCC1CC1(N)CCC1. The molecular weight excluding hydrogens is 228 g/mol. The summed E-state index contributed by atoms with van der Waals surface area (Å²) in [5.41, 5.74) is 5.86. The van der Waals surface area contributed by atoms with E-state index in [2.05, 4.69) is 0 Å². The Balaban J connectivity index is 1.92. The summed E-state index contributed by atoms with van der Waals surface area (Å²) in [6.07, 6.45) is 6.34. The molecule has 0 aromatic carbocycles. The van der Waals surface area contributed by atoms with Crippen molar-refractivity contribution in [3.63, 3.8) is 0 Å². The minimum Gasteiger partial charge on any atom is -0.444 e. The minimum atomic E-state index is -0.416. The van der Waals surface area contributed by atoms with Crippen molar-refractivity contribution in [2.45, 2.75) is 76.5 Å². The lowest BCUT2D eigenvalue weighted by Gasteiger charge is -2.41. The number of nitrogens with two attached hydrogens (primary N) is 1. The molecule has 1 saturated heterocycles. The van der Waals surface area contributed by atoms with Crippen LogP contribution in [0.3, 0.4) is 0 Å². The van der Waals surface area contributed by atoms with Crippen LogP contribution in [0.2, 0.25) is 0 Å². The molecule has 0 spiro atoms. The predicted molar refractivity (Wildman–Crippen MR) is 71.3 cm³/mol. The lowest BCUT2D eigenvalue weighted by atomic mass is 9.73. The largest absolute Gasteiger partial charge is 0.444 e. The predicted octanol–water partition coefficient (Wildman–Crippen LogP) is 2.66. The van der Waals surface area contributed by atoms with Crippen LogP contribution in [0.25, 0.3) is 0 Å². The van der Waals surface area contributed by atoms with Gasteiger partial charge < -0.3 is 15.4 Å². The van der Waals surface area contributed by atoms with E-state index in [1.54, 1.807) is 0 Å². The van der Waals surface area contributed by atoms with Crippen LogP contribution in [0, 0.1) is 0 Å². The first kappa shape index (κ1) is 13.7. The van der Waals surface area contributed by atoms with Crippen molar-refractivity contribution < 1.29 is 9.53 Å². The maximum atomic E-state index is 12.1. The fourth-order valence-electron chi connectivity index (χ4n) is 2.91. The van der Waals surface area contributed by atoms with E-state index in [1.807, 2.05) is 25.7 Å². The molecule has 0 radical (unpaired) electrons. The van der Waals surface area contributed by atoms with Crippen molar-refractivity contribution >= 4 is 6.09 Å². The molecule has 2 aliphatic rings. The zero-order chi connectivity index (χ0) is 13.4. The van der Waals surface area contributed by atoms with Gasteiger partial charge in [0.25, 0.3) is 0 Å². The minimum absolute atomic E-state index is 0.0186. The zero-order valence-electron chi connectivity index (χ0n) is 11.9. The summed E-state index contributed by atoms with van der Waals surface area (Å²) < 4.78 is 5.46. The fraction of sp³-hybridized carbons (Fsp3) is 0.929. The highest BCUT2D eigenvalue weighted by Crippen LogP contribution is 2.37. The summed E-state index contributed by atoms with van der Waals surface area (Å²) in [7, 11) is 0. The summed E-state index contributed by atoms with van der Waals surface area (Å²) in [6.45, 7) is 6.54. The smallest absolute Gasteiger partial charge is 0.410 e. The van der Waals surface area contributed by atoms with Crippen LogP contribution < -0.4 is 5.73 Å². The Morgan fingerprint density at radius 3 is 2.56 bits per heavy atom. The van der Waals surface area contributed by atoms with Gasteiger partial charge in [-0.2, -0.15) is 0 Å². The summed E-state index contributed by atoms with van der Waals surface area (Å²) >= 11 is 0. The van der Waals surface area contributed by atoms with Gasteiger partial charge in [0.15, 0.2) is 0 Å². The number of nitrogens with zero attached hydrogens (tertiary/aromatic N) is 1. The number of hydrogen-bond acceptors (Lipinski definition) is 3. The third-order valence-corrected chi connectivity index (χ3v) is 4.00. The highest BCUT2D eigenvalue weighted by atomic mass is 16.6. The van der Waals surface area contributed by atoms with Crippen molar-refractivity contribution in [1.29, 1.82) is 0 Å². The van der Waals surface area contributed by atoms with E-state index in [0.29, 0.717) is 0 Å². The highest BCUT2D eigenvalue weighted by molar-refractivity contribution is 5.69. The van der Waals surface area contributed by atoms with Gasteiger partial charge >= 0.3 is 6.09 Å². The fourth-order valence-corrected chi connectivity index (χ4v) is 2.91. The van der Waals surface area contributed by atoms with E-state index in [0.717, 1.165) is 38.6 Å². The Morgan fingerprint density at radius 1 is 1.39 bits per heavy atom. The zero-order valence-corrected chi connectivity index (χ0v) is 11.9. The van der Waals surface area contributed by atoms with Gasteiger partial charge in [-0.05, 0) is 59.3 Å². The normalized spacial score (nSPS) is 26.9. The van der Waals surface area contributed by atoms with E-state index in [1.165, 1.54) is 6.42 Å². The molecule has 1 aliphatic carbocycles. The summed E-state index contributed by atoms with van der Waals surface area (Å²) in [4.78, 5) is 14.0. The molecule has 1 saturated carbocycles. The number of carbonyl (C=O) groups excluding carboxylic acids is 1. The third-order valence-electron chi connectivity index (χ3n) is 4.00. The van der Waals surface area contributed by atoms with Crippen molar-refractivity contribution in [2.24, 2.45) is 5.73 Å². The van der Waals surface area contributed by atoms with Gasteiger partial charge in [0, 0.05) is 18.1 Å².